The van der Waals surface area contributed by atoms with Gasteiger partial charge in [0.2, 0.25) is 0 Å². The van der Waals surface area contributed by atoms with Crippen molar-refractivity contribution in [1.82, 2.24) is 0 Å². The normalized spacial score (nSPS) is 45.0. The Morgan fingerprint density at radius 2 is 1.71 bits per heavy atom. The molecule has 200 valence electrons. The average Bonchev–Trinajstić information content (AvgIpc) is 3.08. The van der Waals surface area contributed by atoms with Gasteiger partial charge in [0, 0.05) is 0 Å². The molecule has 0 aromatic rings. The van der Waals surface area contributed by atoms with Crippen molar-refractivity contribution < 1.29 is 38.9 Å². The number of rotatable bonds is 5. The van der Waals surface area contributed by atoms with E-state index in [1.807, 2.05) is 0 Å². The first-order valence-corrected chi connectivity index (χ1v) is 17.0. The number of hydrogen-bond acceptors (Lipinski definition) is 2. The molecule has 3 fully saturated rings. The molecule has 0 aromatic heterocycles. The van der Waals surface area contributed by atoms with Crippen molar-refractivity contribution in [3.63, 3.8) is 0 Å². The van der Waals surface area contributed by atoms with Gasteiger partial charge < -0.3 is 5.11 Å². The molecule has 0 bridgehead atoms. The molecular weight excluding hydrogens is 552 g/mol. The molecule has 0 radical (unpaired) electrons. The molecule has 2 N–H and O–H groups in total. The first kappa shape index (κ1) is 27.2. The molecule has 4 aliphatic carbocycles. The minimum atomic E-state index is -6.58. The molecule has 3 saturated carbocycles. The Hall–Kier alpha value is 0.180. The van der Waals surface area contributed by atoms with Crippen molar-refractivity contribution in [1.29, 1.82) is 0 Å². The third-order valence-electron chi connectivity index (χ3n) is 11.2. The van der Waals surface area contributed by atoms with Crippen LogP contribution in [0, 0.1) is 45.8 Å². The Morgan fingerprint density at radius 1 is 1.03 bits per heavy atom. The van der Waals surface area contributed by atoms with Gasteiger partial charge in [-0.2, -0.15) is 0 Å². The van der Waals surface area contributed by atoms with E-state index >= 15 is 0 Å². The second-order valence-corrected chi connectivity index (χ2v) is 18.1. The topological polar surface area (TPSA) is 40.5 Å². The molecular formula is C28H47F3IO2-. The van der Waals surface area contributed by atoms with Gasteiger partial charge in [0.1, 0.15) is 0 Å². The fourth-order valence-electron chi connectivity index (χ4n) is 8.82. The Morgan fingerprint density at radius 3 is 2.32 bits per heavy atom. The molecule has 4 rings (SSSR count). The van der Waals surface area contributed by atoms with Gasteiger partial charge in [-0.05, 0) is 5.41 Å². The maximum atomic E-state index is 13.8. The monoisotopic (exact) mass is 599 g/mol. The van der Waals surface area contributed by atoms with E-state index in [4.69, 9.17) is 0 Å². The predicted octanol–water partition coefficient (Wildman–Crippen LogP) is 4.89. The molecule has 0 spiro atoms. The molecule has 9 atom stereocenters. The fraction of sp³-hybridized carbons (Fsp3) is 0.929. The van der Waals surface area contributed by atoms with Crippen LogP contribution in [0.1, 0.15) is 106 Å². The second kappa shape index (κ2) is 8.89. The summed E-state index contributed by atoms with van der Waals surface area (Å²) in [5, 5.41) is 21.0. The van der Waals surface area contributed by atoms with Gasteiger partial charge in [0.15, 0.2) is 0 Å². The molecule has 4 aliphatic rings. The van der Waals surface area contributed by atoms with E-state index in [0.717, 1.165) is 31.3 Å². The van der Waals surface area contributed by atoms with Crippen LogP contribution in [0.5, 0.6) is 0 Å². The number of aliphatic hydroxyl groups is 2. The van der Waals surface area contributed by atoms with Crippen molar-refractivity contribution in [2.45, 2.75) is 115 Å². The maximum absolute atomic E-state index is 13.8. The SMILES string of the molecule is C[C@H](CC[C@H](O)C(C)(C)C)[C@H]1CC[C@H]2[C@@H]3CC=C4C[C@](O)([I-](F)(F)F)CC[C@]4(C)[C@H]3CC[C@]12C. The third-order valence-corrected chi connectivity index (χ3v) is 14.4. The summed E-state index contributed by atoms with van der Waals surface area (Å²) in [6.45, 7) is 13.4. The van der Waals surface area contributed by atoms with Crippen molar-refractivity contribution in [2.75, 3.05) is 0 Å². The zero-order valence-corrected chi connectivity index (χ0v) is 24.2. The van der Waals surface area contributed by atoms with Gasteiger partial charge in [-0.25, -0.2) is 0 Å². The van der Waals surface area contributed by atoms with Crippen LogP contribution < -0.4 is 20.2 Å². The number of alkyl halides is 1. The number of aliphatic hydroxyl groups excluding tert-OH is 1. The van der Waals surface area contributed by atoms with E-state index in [1.165, 1.54) is 19.3 Å². The molecule has 0 amide bonds. The summed E-state index contributed by atoms with van der Waals surface area (Å²) in [5.74, 6) is 2.89. The molecule has 0 unspecified atom stereocenters. The molecule has 2 nitrogen and oxygen atoms in total. The Kier molecular flexibility index (Phi) is 7.11. The molecule has 0 heterocycles. The van der Waals surface area contributed by atoms with Gasteiger partial charge in [0.25, 0.3) is 0 Å². The standard InChI is InChI=1S/C28H47F3IO2/c1-18(7-12-24(33)25(2,3)4)21-10-11-22-20-9-8-19-17-28(34,32(29,30)31)16-15-26(19,5)23(20)13-14-27(21,22)6/h8,18,20-24,33-34H,7,9-17H2,1-6H3/q-1/t18-,20+,21-,22+,23+,24+,26+,27-,28+/m1/s1. The van der Waals surface area contributed by atoms with Crippen LogP contribution in [0.2, 0.25) is 0 Å². The van der Waals surface area contributed by atoms with E-state index in [9.17, 15) is 18.8 Å². The van der Waals surface area contributed by atoms with Crippen LogP contribution in [-0.2, 0) is 0 Å². The van der Waals surface area contributed by atoms with Crippen molar-refractivity contribution in [3.05, 3.63) is 11.6 Å². The summed E-state index contributed by atoms with van der Waals surface area (Å²) in [6.07, 6.45) is 9.61. The summed E-state index contributed by atoms with van der Waals surface area (Å²) >= 11 is -6.58. The first-order valence-electron chi connectivity index (χ1n) is 13.5. The minimum absolute atomic E-state index is 0.0804. The van der Waals surface area contributed by atoms with Crippen LogP contribution in [0.15, 0.2) is 11.6 Å². The number of fused-ring (bicyclic) bond motifs is 5. The van der Waals surface area contributed by atoms with Gasteiger partial charge >= 0.3 is 174 Å². The first-order chi connectivity index (χ1) is 15.5. The zero-order valence-electron chi connectivity index (χ0n) is 22.0. The summed E-state index contributed by atoms with van der Waals surface area (Å²) in [4.78, 5) is 0. The van der Waals surface area contributed by atoms with E-state index in [2.05, 4.69) is 47.6 Å². The van der Waals surface area contributed by atoms with Gasteiger partial charge in [-0.15, -0.1) is 0 Å². The summed E-state index contributed by atoms with van der Waals surface area (Å²) < 4.78 is 38.9. The second-order valence-electron chi connectivity index (χ2n) is 13.9. The fourth-order valence-corrected chi connectivity index (χ4v) is 10.5. The molecule has 0 aliphatic heterocycles. The summed E-state index contributed by atoms with van der Waals surface area (Å²) in [7, 11) is 0. The molecule has 6 heteroatoms. The average molecular weight is 600 g/mol. The number of hydrogen-bond donors (Lipinski definition) is 2. The van der Waals surface area contributed by atoms with Crippen LogP contribution in [-0.4, -0.2) is 19.9 Å². The summed E-state index contributed by atoms with van der Waals surface area (Å²) in [6, 6.07) is 0. The Labute approximate surface area is 211 Å². The van der Waals surface area contributed by atoms with Crippen molar-refractivity contribution in [2.24, 2.45) is 45.8 Å². The van der Waals surface area contributed by atoms with Crippen LogP contribution in [0.4, 0.5) is 8.58 Å². The van der Waals surface area contributed by atoms with Gasteiger partial charge in [-0.3, -0.25) is 0 Å². The van der Waals surface area contributed by atoms with E-state index in [-0.39, 0.29) is 29.8 Å². The van der Waals surface area contributed by atoms with Crippen LogP contribution in [0.3, 0.4) is 0 Å². The predicted molar refractivity (Wildman–Crippen MR) is 127 cm³/mol. The van der Waals surface area contributed by atoms with E-state index in [0.29, 0.717) is 41.4 Å². The van der Waals surface area contributed by atoms with Crippen LogP contribution in [0.25, 0.3) is 0 Å². The van der Waals surface area contributed by atoms with Gasteiger partial charge in [-0.1, -0.05) is 20.8 Å². The van der Waals surface area contributed by atoms with Crippen LogP contribution >= 0.6 is 0 Å². The van der Waals surface area contributed by atoms with Gasteiger partial charge in [0.05, 0.1) is 6.10 Å². The number of allylic oxidation sites excluding steroid dienone is 1. The molecule has 0 aromatic carbocycles. The van der Waals surface area contributed by atoms with E-state index in [1.54, 1.807) is 0 Å². The summed E-state index contributed by atoms with van der Waals surface area (Å²) in [5.41, 5.74) is 0.948. The molecule has 34 heavy (non-hydrogen) atoms. The van der Waals surface area contributed by atoms with Crippen molar-refractivity contribution >= 4 is 0 Å². The molecule has 0 saturated heterocycles. The quantitative estimate of drug-likeness (QED) is 0.269. The Bertz CT molecular complexity index is 804. The van der Waals surface area contributed by atoms with E-state index < -0.39 is 23.8 Å². The third kappa shape index (κ3) is 4.41. The number of halogens is 4. The zero-order chi connectivity index (χ0) is 25.3. The Balaban J connectivity index is 1.49. The van der Waals surface area contributed by atoms with Crippen molar-refractivity contribution in [3.8, 4) is 0 Å².